The summed E-state index contributed by atoms with van der Waals surface area (Å²) in [5.74, 6) is -0.634. The molecule has 0 saturated heterocycles. The highest BCUT2D eigenvalue weighted by molar-refractivity contribution is 5.69. The van der Waals surface area contributed by atoms with E-state index in [9.17, 15) is 14.3 Å². The van der Waals surface area contributed by atoms with Crippen LogP contribution in [0, 0.1) is 5.92 Å². The third-order valence-electron chi connectivity index (χ3n) is 1.65. The molecule has 0 rings (SSSR count). The van der Waals surface area contributed by atoms with Gasteiger partial charge in [-0.15, -0.1) is 0 Å². The zero-order chi connectivity index (χ0) is 10.3. The van der Waals surface area contributed by atoms with E-state index < -0.39 is 18.7 Å². The number of esters is 1. The molecular formula is C9H17FO3. The minimum Gasteiger partial charge on any atom is -0.466 e. The van der Waals surface area contributed by atoms with Gasteiger partial charge in [0.05, 0.1) is 25.8 Å². The van der Waals surface area contributed by atoms with E-state index in [1.807, 2.05) is 0 Å². The van der Waals surface area contributed by atoms with Crippen LogP contribution in [0.2, 0.25) is 0 Å². The van der Waals surface area contributed by atoms with Crippen molar-refractivity contribution in [2.45, 2.75) is 32.8 Å². The zero-order valence-corrected chi connectivity index (χ0v) is 8.12. The Morgan fingerprint density at radius 1 is 1.62 bits per heavy atom. The second kappa shape index (κ2) is 6.83. The minimum absolute atomic E-state index is 0.0435. The fourth-order valence-electron chi connectivity index (χ4n) is 1.02. The van der Waals surface area contributed by atoms with Gasteiger partial charge in [-0.3, -0.25) is 9.18 Å². The molecule has 0 aliphatic carbocycles. The van der Waals surface area contributed by atoms with Gasteiger partial charge in [0, 0.05) is 0 Å². The van der Waals surface area contributed by atoms with Crippen LogP contribution in [-0.2, 0) is 9.53 Å². The average Bonchev–Trinajstić information content (AvgIpc) is 2.04. The van der Waals surface area contributed by atoms with Crippen LogP contribution in [0.5, 0.6) is 0 Å². The number of halogens is 1. The van der Waals surface area contributed by atoms with Gasteiger partial charge in [0.15, 0.2) is 0 Å². The van der Waals surface area contributed by atoms with E-state index in [-0.39, 0.29) is 12.3 Å². The lowest BCUT2D eigenvalue weighted by Crippen LogP contribution is -2.18. The second-order valence-electron chi connectivity index (χ2n) is 3.16. The first-order valence-corrected chi connectivity index (χ1v) is 4.49. The summed E-state index contributed by atoms with van der Waals surface area (Å²) in [6, 6.07) is 0. The molecule has 0 aromatic carbocycles. The smallest absolute Gasteiger partial charge is 0.308 e. The molecule has 0 saturated carbocycles. The Kier molecular flexibility index (Phi) is 6.49. The largest absolute Gasteiger partial charge is 0.466 e. The molecule has 0 fully saturated rings. The van der Waals surface area contributed by atoms with Crippen molar-refractivity contribution in [1.29, 1.82) is 0 Å². The fraction of sp³-hybridized carbons (Fsp3) is 0.889. The van der Waals surface area contributed by atoms with Crippen LogP contribution in [0.25, 0.3) is 0 Å². The first-order valence-electron chi connectivity index (χ1n) is 4.49. The van der Waals surface area contributed by atoms with Crippen LogP contribution < -0.4 is 0 Å². The lowest BCUT2D eigenvalue weighted by Gasteiger charge is -2.12. The Morgan fingerprint density at radius 3 is 2.69 bits per heavy atom. The summed E-state index contributed by atoms with van der Waals surface area (Å²) in [4.78, 5) is 10.8. The zero-order valence-electron chi connectivity index (χ0n) is 8.12. The molecule has 2 atom stereocenters. The van der Waals surface area contributed by atoms with Crippen LogP contribution in [0.3, 0.4) is 0 Å². The van der Waals surface area contributed by atoms with Crippen molar-refractivity contribution in [2.24, 2.45) is 5.92 Å². The summed E-state index contributed by atoms with van der Waals surface area (Å²) >= 11 is 0. The van der Waals surface area contributed by atoms with E-state index in [1.54, 1.807) is 13.8 Å². The molecule has 13 heavy (non-hydrogen) atoms. The van der Waals surface area contributed by atoms with Gasteiger partial charge in [-0.2, -0.15) is 0 Å². The third kappa shape index (κ3) is 6.51. The van der Waals surface area contributed by atoms with Gasteiger partial charge in [-0.25, -0.2) is 0 Å². The first-order chi connectivity index (χ1) is 6.10. The van der Waals surface area contributed by atoms with Crippen LogP contribution in [0.15, 0.2) is 0 Å². The Morgan fingerprint density at radius 2 is 2.23 bits per heavy atom. The highest BCUT2D eigenvalue weighted by Crippen LogP contribution is 2.09. The molecule has 1 N–H and O–H groups in total. The maximum atomic E-state index is 12.0. The number of carbonyl (C=O) groups excluding carboxylic acids is 1. The Balaban J connectivity index is 3.60. The van der Waals surface area contributed by atoms with Crippen molar-refractivity contribution in [3.05, 3.63) is 0 Å². The molecule has 0 spiro atoms. The number of alkyl halides is 1. The van der Waals surface area contributed by atoms with Crippen molar-refractivity contribution in [3.63, 3.8) is 0 Å². The van der Waals surface area contributed by atoms with Crippen LogP contribution >= 0.6 is 0 Å². The number of aliphatic hydroxyl groups is 1. The van der Waals surface area contributed by atoms with Gasteiger partial charge in [0.1, 0.15) is 0 Å². The van der Waals surface area contributed by atoms with Crippen molar-refractivity contribution in [1.82, 2.24) is 0 Å². The molecule has 3 nitrogen and oxygen atoms in total. The van der Waals surface area contributed by atoms with E-state index in [0.29, 0.717) is 13.0 Å². The van der Waals surface area contributed by atoms with Crippen molar-refractivity contribution < 1.29 is 19.0 Å². The normalized spacial score (nSPS) is 15.1. The van der Waals surface area contributed by atoms with Gasteiger partial charge in [-0.1, -0.05) is 6.92 Å². The van der Waals surface area contributed by atoms with E-state index in [2.05, 4.69) is 4.74 Å². The monoisotopic (exact) mass is 192 g/mol. The summed E-state index contributed by atoms with van der Waals surface area (Å²) in [7, 11) is 0. The Bertz CT molecular complexity index is 150. The lowest BCUT2D eigenvalue weighted by atomic mass is 10.0. The van der Waals surface area contributed by atoms with Crippen molar-refractivity contribution in [3.8, 4) is 0 Å². The summed E-state index contributed by atoms with van der Waals surface area (Å²) in [5.41, 5.74) is 0. The first kappa shape index (κ1) is 12.4. The van der Waals surface area contributed by atoms with Gasteiger partial charge >= 0.3 is 5.97 Å². The van der Waals surface area contributed by atoms with Crippen molar-refractivity contribution in [2.75, 3.05) is 13.3 Å². The number of hydrogen-bond donors (Lipinski definition) is 1. The van der Waals surface area contributed by atoms with Crippen LogP contribution in [0.4, 0.5) is 4.39 Å². The maximum Gasteiger partial charge on any atom is 0.308 e. The molecule has 0 radical (unpaired) electrons. The Hall–Kier alpha value is -0.640. The second-order valence-corrected chi connectivity index (χ2v) is 3.16. The molecule has 78 valence electrons. The van der Waals surface area contributed by atoms with E-state index in [4.69, 9.17) is 0 Å². The molecule has 0 aliphatic rings. The summed E-state index contributed by atoms with van der Waals surface area (Å²) in [6.07, 6.45) is -0.530. The maximum absolute atomic E-state index is 12.0. The van der Waals surface area contributed by atoms with Crippen LogP contribution in [0.1, 0.15) is 26.7 Å². The van der Waals surface area contributed by atoms with E-state index in [0.717, 1.165) is 0 Å². The average molecular weight is 192 g/mol. The van der Waals surface area contributed by atoms with E-state index in [1.165, 1.54) is 0 Å². The quantitative estimate of drug-likeness (QED) is 0.645. The molecular weight excluding hydrogens is 175 g/mol. The van der Waals surface area contributed by atoms with Crippen molar-refractivity contribution >= 4 is 5.97 Å². The molecule has 2 unspecified atom stereocenters. The Labute approximate surface area is 77.9 Å². The molecule has 0 aliphatic heterocycles. The summed E-state index contributed by atoms with van der Waals surface area (Å²) in [6.45, 7) is 3.23. The molecule has 0 bridgehead atoms. The van der Waals surface area contributed by atoms with Gasteiger partial charge in [0.25, 0.3) is 0 Å². The predicted octanol–water partition coefficient (Wildman–Crippen LogP) is 1.30. The van der Waals surface area contributed by atoms with Crippen LogP contribution in [-0.4, -0.2) is 30.5 Å². The third-order valence-corrected chi connectivity index (χ3v) is 1.65. The molecule has 4 heteroatoms. The molecule has 0 aromatic rings. The number of rotatable bonds is 6. The topological polar surface area (TPSA) is 46.5 Å². The predicted molar refractivity (Wildman–Crippen MR) is 47.0 cm³/mol. The van der Waals surface area contributed by atoms with Gasteiger partial charge in [-0.05, 0) is 19.3 Å². The highest BCUT2D eigenvalue weighted by atomic mass is 19.1. The molecule has 0 amide bonds. The van der Waals surface area contributed by atoms with Gasteiger partial charge < -0.3 is 9.84 Å². The number of carbonyl (C=O) groups is 1. The molecule has 0 heterocycles. The number of ether oxygens (including phenoxy) is 1. The number of aliphatic hydroxyl groups excluding tert-OH is 1. The molecule has 0 aromatic heterocycles. The SMILES string of the molecule is CCOC(=O)CC(O)CC(C)CF. The lowest BCUT2D eigenvalue weighted by molar-refractivity contribution is -0.145. The summed E-state index contributed by atoms with van der Waals surface area (Å²) < 4.78 is 16.6. The van der Waals surface area contributed by atoms with Gasteiger partial charge in [0.2, 0.25) is 0 Å². The minimum atomic E-state index is -0.787. The standard InChI is InChI=1S/C9H17FO3/c1-3-13-9(12)5-8(11)4-7(2)6-10/h7-8,11H,3-6H2,1-2H3. The highest BCUT2D eigenvalue weighted by Gasteiger charge is 2.14. The summed E-state index contributed by atoms with van der Waals surface area (Å²) in [5, 5.41) is 9.28. The number of hydrogen-bond acceptors (Lipinski definition) is 3. The van der Waals surface area contributed by atoms with E-state index >= 15 is 0 Å². The fourth-order valence-corrected chi connectivity index (χ4v) is 1.02.